The molecule has 17 heavy (non-hydrogen) atoms. The molecule has 1 aliphatic rings. The molecule has 0 amide bonds. The van der Waals surface area contributed by atoms with Crippen molar-refractivity contribution in [2.75, 3.05) is 6.54 Å². The summed E-state index contributed by atoms with van der Waals surface area (Å²) in [5.74, 6) is 0.710. The molecule has 1 fully saturated rings. The number of benzene rings is 2. The van der Waals surface area contributed by atoms with E-state index in [0.717, 1.165) is 0 Å². The Labute approximate surface area is 102 Å². The van der Waals surface area contributed by atoms with Crippen molar-refractivity contribution < 1.29 is 5.32 Å². The van der Waals surface area contributed by atoms with Crippen LogP contribution in [-0.4, -0.2) is 6.54 Å². The summed E-state index contributed by atoms with van der Waals surface area (Å²) < 4.78 is 0. The Morgan fingerprint density at radius 3 is 2.00 bits per heavy atom. The third-order valence-electron chi connectivity index (χ3n) is 3.74. The zero-order valence-electron chi connectivity index (χ0n) is 9.92. The summed E-state index contributed by atoms with van der Waals surface area (Å²) in [7, 11) is 0. The van der Waals surface area contributed by atoms with E-state index < -0.39 is 0 Å². The third-order valence-corrected chi connectivity index (χ3v) is 3.74. The maximum absolute atomic E-state index is 2.48. The summed E-state index contributed by atoms with van der Waals surface area (Å²) in [5, 5.41) is 2.48. The van der Waals surface area contributed by atoms with Crippen LogP contribution in [0.4, 0.5) is 0 Å². The summed E-state index contributed by atoms with van der Waals surface area (Å²) in [6, 6.07) is 22.4. The van der Waals surface area contributed by atoms with Gasteiger partial charge in [-0.25, -0.2) is 0 Å². The quantitative estimate of drug-likeness (QED) is 0.807. The third kappa shape index (κ3) is 2.25. The van der Waals surface area contributed by atoms with E-state index in [9.17, 15) is 0 Å². The second kappa shape index (κ2) is 4.72. The molecule has 1 heteroatoms. The lowest BCUT2D eigenvalue weighted by atomic mass is 9.94. The zero-order valence-corrected chi connectivity index (χ0v) is 9.92. The standard InChI is InChI=1S/C16H17N/c1-3-7-13(8-4-1)15-11-16(17-12-15)14-9-5-2-6-10-14/h1-10,15-17H,11-12H2/p+1/t15-,16+/m0/s1. The molecule has 2 atom stereocenters. The molecule has 3 rings (SSSR count). The van der Waals surface area contributed by atoms with Crippen LogP contribution >= 0.6 is 0 Å². The highest BCUT2D eigenvalue weighted by molar-refractivity contribution is 5.23. The number of hydrogen-bond donors (Lipinski definition) is 1. The number of nitrogens with two attached hydrogens (primary N) is 1. The molecule has 86 valence electrons. The largest absolute Gasteiger partial charge is 0.340 e. The molecule has 1 aliphatic heterocycles. The number of rotatable bonds is 2. The molecule has 0 saturated carbocycles. The smallest absolute Gasteiger partial charge is 0.112 e. The lowest BCUT2D eigenvalue weighted by Gasteiger charge is -2.07. The number of quaternary nitrogens is 1. The van der Waals surface area contributed by atoms with Crippen molar-refractivity contribution in [3.05, 3.63) is 71.8 Å². The predicted octanol–water partition coefficient (Wildman–Crippen LogP) is 2.48. The van der Waals surface area contributed by atoms with Crippen LogP contribution in [0.25, 0.3) is 0 Å². The molecule has 2 aromatic carbocycles. The van der Waals surface area contributed by atoms with Gasteiger partial charge in [0.1, 0.15) is 6.04 Å². The molecule has 1 saturated heterocycles. The molecule has 0 spiro atoms. The van der Waals surface area contributed by atoms with Crippen LogP contribution in [0.15, 0.2) is 60.7 Å². The van der Waals surface area contributed by atoms with Gasteiger partial charge in [0.2, 0.25) is 0 Å². The summed E-state index contributed by atoms with van der Waals surface area (Å²) in [5.41, 5.74) is 2.95. The van der Waals surface area contributed by atoms with Crippen LogP contribution in [0.2, 0.25) is 0 Å². The fourth-order valence-corrected chi connectivity index (χ4v) is 2.80. The molecule has 1 nitrogen and oxygen atoms in total. The maximum atomic E-state index is 2.48. The predicted molar refractivity (Wildman–Crippen MR) is 69.8 cm³/mol. The van der Waals surface area contributed by atoms with Crippen molar-refractivity contribution in [3.8, 4) is 0 Å². The average Bonchev–Trinajstić information content (AvgIpc) is 2.90. The molecule has 0 aliphatic carbocycles. The minimum atomic E-state index is 0.640. The van der Waals surface area contributed by atoms with Gasteiger partial charge < -0.3 is 5.32 Å². The molecule has 0 bridgehead atoms. The Bertz CT molecular complexity index is 418. The second-order valence-electron chi connectivity index (χ2n) is 4.83. The topological polar surface area (TPSA) is 16.6 Å². The van der Waals surface area contributed by atoms with Crippen molar-refractivity contribution in [1.29, 1.82) is 0 Å². The molecule has 1 heterocycles. The summed E-state index contributed by atoms with van der Waals surface area (Å²) in [4.78, 5) is 0. The Morgan fingerprint density at radius 1 is 0.765 bits per heavy atom. The summed E-state index contributed by atoms with van der Waals surface area (Å²) in [6.07, 6.45) is 1.26. The first kappa shape index (κ1) is 10.5. The molecule has 0 unspecified atom stereocenters. The summed E-state index contributed by atoms with van der Waals surface area (Å²) in [6.45, 7) is 1.21. The van der Waals surface area contributed by atoms with Gasteiger partial charge >= 0.3 is 0 Å². The van der Waals surface area contributed by atoms with Gasteiger partial charge in [-0.2, -0.15) is 0 Å². The minimum Gasteiger partial charge on any atom is -0.340 e. The van der Waals surface area contributed by atoms with Gasteiger partial charge in [0, 0.05) is 17.9 Å². The van der Waals surface area contributed by atoms with Gasteiger partial charge in [0.05, 0.1) is 6.54 Å². The highest BCUT2D eigenvalue weighted by Crippen LogP contribution is 2.28. The molecule has 2 aromatic rings. The lowest BCUT2D eigenvalue weighted by Crippen LogP contribution is -2.82. The van der Waals surface area contributed by atoms with Crippen molar-refractivity contribution in [2.45, 2.75) is 18.4 Å². The van der Waals surface area contributed by atoms with Crippen molar-refractivity contribution >= 4 is 0 Å². The minimum absolute atomic E-state index is 0.640. The van der Waals surface area contributed by atoms with Gasteiger partial charge in [-0.15, -0.1) is 0 Å². The fourth-order valence-electron chi connectivity index (χ4n) is 2.80. The molecule has 0 aromatic heterocycles. The van der Waals surface area contributed by atoms with E-state index in [1.807, 2.05) is 0 Å². The Hall–Kier alpha value is -1.60. The highest BCUT2D eigenvalue weighted by Gasteiger charge is 2.29. The van der Waals surface area contributed by atoms with Crippen LogP contribution in [0.3, 0.4) is 0 Å². The van der Waals surface area contributed by atoms with Crippen molar-refractivity contribution in [3.63, 3.8) is 0 Å². The average molecular weight is 224 g/mol. The van der Waals surface area contributed by atoms with Gasteiger partial charge in [-0.3, -0.25) is 0 Å². The lowest BCUT2D eigenvalue weighted by molar-refractivity contribution is -0.677. The van der Waals surface area contributed by atoms with E-state index in [2.05, 4.69) is 66.0 Å². The van der Waals surface area contributed by atoms with E-state index in [0.29, 0.717) is 12.0 Å². The second-order valence-corrected chi connectivity index (χ2v) is 4.83. The molecular weight excluding hydrogens is 206 g/mol. The van der Waals surface area contributed by atoms with Crippen LogP contribution in [-0.2, 0) is 0 Å². The van der Waals surface area contributed by atoms with Crippen LogP contribution < -0.4 is 5.32 Å². The SMILES string of the molecule is c1ccc([C@@H]2C[NH2+][C@@H](c3ccccc3)C2)cc1. The first-order valence-corrected chi connectivity index (χ1v) is 6.37. The molecule has 0 radical (unpaired) electrons. The Balaban J connectivity index is 1.75. The zero-order chi connectivity index (χ0) is 11.5. The fraction of sp³-hybridized carbons (Fsp3) is 0.250. The monoisotopic (exact) mass is 224 g/mol. The van der Waals surface area contributed by atoms with E-state index in [1.54, 1.807) is 0 Å². The van der Waals surface area contributed by atoms with Crippen molar-refractivity contribution in [1.82, 2.24) is 0 Å². The normalized spacial score (nSPS) is 23.8. The highest BCUT2D eigenvalue weighted by atomic mass is 14.9. The van der Waals surface area contributed by atoms with Crippen LogP contribution in [0.1, 0.15) is 29.5 Å². The van der Waals surface area contributed by atoms with E-state index >= 15 is 0 Å². The number of hydrogen-bond acceptors (Lipinski definition) is 0. The van der Waals surface area contributed by atoms with Gasteiger partial charge in [-0.1, -0.05) is 60.7 Å². The van der Waals surface area contributed by atoms with Gasteiger partial charge in [-0.05, 0) is 5.56 Å². The Morgan fingerprint density at radius 2 is 1.35 bits per heavy atom. The molecular formula is C16H18N+. The van der Waals surface area contributed by atoms with E-state index in [1.165, 1.54) is 24.1 Å². The van der Waals surface area contributed by atoms with E-state index in [-0.39, 0.29) is 0 Å². The van der Waals surface area contributed by atoms with Gasteiger partial charge in [0.25, 0.3) is 0 Å². The first-order chi connectivity index (χ1) is 8.43. The maximum Gasteiger partial charge on any atom is 0.112 e. The van der Waals surface area contributed by atoms with Crippen LogP contribution in [0.5, 0.6) is 0 Å². The van der Waals surface area contributed by atoms with Gasteiger partial charge in [0.15, 0.2) is 0 Å². The van der Waals surface area contributed by atoms with Crippen molar-refractivity contribution in [2.24, 2.45) is 0 Å². The summed E-state index contributed by atoms with van der Waals surface area (Å²) >= 11 is 0. The Kier molecular flexibility index (Phi) is 2.93. The van der Waals surface area contributed by atoms with E-state index in [4.69, 9.17) is 0 Å². The van der Waals surface area contributed by atoms with Crippen LogP contribution in [0, 0.1) is 0 Å². The molecule has 2 N–H and O–H groups in total. The first-order valence-electron chi connectivity index (χ1n) is 6.37.